The van der Waals surface area contributed by atoms with Crippen LogP contribution < -0.4 is 4.74 Å². The first-order valence-electron chi connectivity index (χ1n) is 6.48. The average molecular weight is 258 g/mol. The Morgan fingerprint density at radius 1 is 0.895 bits per heavy atom. The van der Waals surface area contributed by atoms with Gasteiger partial charge in [-0.15, -0.1) is 0 Å². The molecule has 0 N–H and O–H groups in total. The summed E-state index contributed by atoms with van der Waals surface area (Å²) in [5.74, 6) is 0.921. The average Bonchev–Trinajstić information content (AvgIpc) is 2.48. The second-order valence-electron chi connectivity index (χ2n) is 4.16. The maximum Gasteiger partial charge on any atom is 0.119 e. The first kappa shape index (κ1) is 15.3. The number of hydrogen-bond donors (Lipinski definition) is 0. The minimum absolute atomic E-state index is 0.629. The van der Waals surface area contributed by atoms with Crippen molar-refractivity contribution in [3.05, 3.63) is 65.7 Å². The molecule has 2 aromatic rings. The first-order valence-corrected chi connectivity index (χ1v) is 6.48. The lowest BCUT2D eigenvalue weighted by Crippen LogP contribution is -1.94. The van der Waals surface area contributed by atoms with Crippen LogP contribution in [0.4, 0.5) is 0 Å². The van der Waals surface area contributed by atoms with Crippen LogP contribution in [0.1, 0.15) is 18.1 Å². The van der Waals surface area contributed by atoms with Crippen molar-refractivity contribution in [1.82, 2.24) is 0 Å². The monoisotopic (exact) mass is 258 g/mol. The van der Waals surface area contributed by atoms with Gasteiger partial charge in [-0.2, -0.15) is 0 Å². The Hall–Kier alpha value is -1.80. The Morgan fingerprint density at radius 3 is 2.00 bits per heavy atom. The van der Waals surface area contributed by atoms with Crippen molar-refractivity contribution in [1.29, 1.82) is 0 Å². The molecule has 0 atom stereocenters. The van der Waals surface area contributed by atoms with Crippen molar-refractivity contribution in [2.45, 2.75) is 20.5 Å². The van der Waals surface area contributed by atoms with Crippen LogP contribution in [0, 0.1) is 6.92 Å². The zero-order valence-corrected chi connectivity index (χ0v) is 11.9. The van der Waals surface area contributed by atoms with Crippen LogP contribution in [-0.2, 0) is 11.3 Å². The summed E-state index contributed by atoms with van der Waals surface area (Å²) in [4.78, 5) is 0. The van der Waals surface area contributed by atoms with E-state index in [9.17, 15) is 0 Å². The molecule has 102 valence electrons. The highest BCUT2D eigenvalue weighted by molar-refractivity contribution is 5.26. The number of benzene rings is 2. The fourth-order valence-corrected chi connectivity index (χ4v) is 1.38. The summed E-state index contributed by atoms with van der Waals surface area (Å²) in [6.45, 7) is 5.48. The van der Waals surface area contributed by atoms with Crippen LogP contribution in [0.15, 0.2) is 54.6 Å². The number of ether oxygens (including phenoxy) is 2. The van der Waals surface area contributed by atoms with E-state index in [1.165, 1.54) is 11.1 Å². The lowest BCUT2D eigenvalue weighted by atomic mass is 10.2. The Labute approximate surface area is 116 Å². The third kappa shape index (κ3) is 6.63. The number of aryl methyl sites for hydroxylation is 1. The number of rotatable bonds is 4. The van der Waals surface area contributed by atoms with Gasteiger partial charge < -0.3 is 9.47 Å². The summed E-state index contributed by atoms with van der Waals surface area (Å²) in [6, 6.07) is 18.3. The third-order valence-corrected chi connectivity index (χ3v) is 2.56. The smallest absolute Gasteiger partial charge is 0.119 e. The van der Waals surface area contributed by atoms with Crippen LogP contribution in [0.2, 0.25) is 0 Å². The summed E-state index contributed by atoms with van der Waals surface area (Å²) >= 11 is 0. The summed E-state index contributed by atoms with van der Waals surface area (Å²) in [7, 11) is 1.68. The molecule has 2 aromatic carbocycles. The van der Waals surface area contributed by atoms with Crippen molar-refractivity contribution >= 4 is 0 Å². The van der Waals surface area contributed by atoms with Crippen LogP contribution >= 0.6 is 0 Å². The largest absolute Gasteiger partial charge is 0.489 e. The maximum absolute atomic E-state index is 5.65. The molecule has 2 nitrogen and oxygen atoms in total. The third-order valence-electron chi connectivity index (χ3n) is 2.56. The van der Waals surface area contributed by atoms with E-state index in [1.807, 2.05) is 37.3 Å². The predicted octanol–water partition coefficient (Wildman–Crippen LogP) is 4.23. The standard InChI is InChI=1S/C14H14O.C3H8O/c1-12-7-9-14(10-8-12)15-11-13-5-3-2-4-6-13;1-3-4-2/h2-10H,11H2,1H3;3H2,1-2H3. The van der Waals surface area contributed by atoms with Gasteiger partial charge in [0.15, 0.2) is 0 Å². The summed E-state index contributed by atoms with van der Waals surface area (Å²) < 4.78 is 10.2. The van der Waals surface area contributed by atoms with Gasteiger partial charge in [-0.25, -0.2) is 0 Å². The van der Waals surface area contributed by atoms with E-state index in [-0.39, 0.29) is 0 Å². The fraction of sp³-hybridized carbons (Fsp3) is 0.294. The van der Waals surface area contributed by atoms with E-state index < -0.39 is 0 Å². The summed E-state index contributed by atoms with van der Waals surface area (Å²) in [5, 5.41) is 0. The molecule has 0 amide bonds. The lowest BCUT2D eigenvalue weighted by molar-refractivity contribution is 0.215. The molecule has 0 heterocycles. The minimum atomic E-state index is 0.629. The van der Waals surface area contributed by atoms with E-state index in [0.717, 1.165) is 12.4 Å². The molecule has 0 saturated carbocycles. The molecule has 0 aliphatic carbocycles. The molecule has 0 bridgehead atoms. The van der Waals surface area contributed by atoms with Crippen LogP contribution in [-0.4, -0.2) is 13.7 Å². The minimum Gasteiger partial charge on any atom is -0.489 e. The van der Waals surface area contributed by atoms with Gasteiger partial charge in [0.2, 0.25) is 0 Å². The molecule has 0 aliphatic heterocycles. The van der Waals surface area contributed by atoms with Crippen molar-refractivity contribution in [3.8, 4) is 5.75 Å². The Morgan fingerprint density at radius 2 is 1.47 bits per heavy atom. The summed E-state index contributed by atoms with van der Waals surface area (Å²) in [5.41, 5.74) is 2.44. The molecule has 0 unspecified atom stereocenters. The van der Waals surface area contributed by atoms with Crippen LogP contribution in [0.5, 0.6) is 5.75 Å². The molecular weight excluding hydrogens is 236 g/mol. The van der Waals surface area contributed by atoms with E-state index >= 15 is 0 Å². The van der Waals surface area contributed by atoms with Gasteiger partial charge in [0.1, 0.15) is 12.4 Å². The molecule has 0 radical (unpaired) electrons. The van der Waals surface area contributed by atoms with Gasteiger partial charge >= 0.3 is 0 Å². The zero-order valence-electron chi connectivity index (χ0n) is 11.9. The molecule has 2 heteroatoms. The van der Waals surface area contributed by atoms with Crippen molar-refractivity contribution in [2.24, 2.45) is 0 Å². The summed E-state index contributed by atoms with van der Waals surface area (Å²) in [6.07, 6.45) is 0. The molecular formula is C17H22O2. The topological polar surface area (TPSA) is 18.5 Å². The molecule has 0 fully saturated rings. The van der Waals surface area contributed by atoms with E-state index in [0.29, 0.717) is 6.61 Å². The van der Waals surface area contributed by atoms with Crippen LogP contribution in [0.25, 0.3) is 0 Å². The van der Waals surface area contributed by atoms with E-state index in [2.05, 4.69) is 35.9 Å². The highest BCUT2D eigenvalue weighted by Crippen LogP contribution is 2.13. The number of hydrogen-bond acceptors (Lipinski definition) is 2. The molecule has 0 saturated heterocycles. The lowest BCUT2D eigenvalue weighted by Gasteiger charge is -2.06. The van der Waals surface area contributed by atoms with Crippen molar-refractivity contribution in [2.75, 3.05) is 13.7 Å². The Kier molecular flexibility index (Phi) is 7.37. The predicted molar refractivity (Wildman–Crippen MR) is 79.5 cm³/mol. The Bertz CT molecular complexity index is 433. The van der Waals surface area contributed by atoms with Gasteiger partial charge in [-0.05, 0) is 31.5 Å². The van der Waals surface area contributed by atoms with Gasteiger partial charge in [-0.1, -0.05) is 48.0 Å². The number of methoxy groups -OCH3 is 1. The van der Waals surface area contributed by atoms with Gasteiger partial charge in [0.05, 0.1) is 0 Å². The van der Waals surface area contributed by atoms with Gasteiger partial charge in [-0.3, -0.25) is 0 Å². The second-order valence-corrected chi connectivity index (χ2v) is 4.16. The maximum atomic E-state index is 5.65. The molecule has 0 aromatic heterocycles. The SMILES string of the molecule is CCOC.Cc1ccc(OCc2ccccc2)cc1. The highest BCUT2D eigenvalue weighted by Gasteiger charge is 1.94. The molecule has 0 aliphatic rings. The molecule has 19 heavy (non-hydrogen) atoms. The fourth-order valence-electron chi connectivity index (χ4n) is 1.38. The van der Waals surface area contributed by atoms with Crippen molar-refractivity contribution < 1.29 is 9.47 Å². The highest BCUT2D eigenvalue weighted by atomic mass is 16.5. The van der Waals surface area contributed by atoms with E-state index in [4.69, 9.17) is 4.74 Å². The van der Waals surface area contributed by atoms with Crippen molar-refractivity contribution in [3.63, 3.8) is 0 Å². The first-order chi connectivity index (χ1) is 9.26. The molecule has 0 spiro atoms. The molecule has 2 rings (SSSR count). The van der Waals surface area contributed by atoms with E-state index in [1.54, 1.807) is 7.11 Å². The van der Waals surface area contributed by atoms with Crippen LogP contribution in [0.3, 0.4) is 0 Å². The van der Waals surface area contributed by atoms with Gasteiger partial charge in [0.25, 0.3) is 0 Å². The second kappa shape index (κ2) is 9.17. The zero-order chi connectivity index (χ0) is 13.9. The Balaban J connectivity index is 0.000000399. The van der Waals surface area contributed by atoms with Gasteiger partial charge in [0, 0.05) is 13.7 Å². The quantitative estimate of drug-likeness (QED) is 0.817. The normalized spacial score (nSPS) is 9.42.